The summed E-state index contributed by atoms with van der Waals surface area (Å²) in [5.41, 5.74) is 4.75. The molecule has 3 atom stereocenters. The Bertz CT molecular complexity index is 864. The van der Waals surface area contributed by atoms with Crippen LogP contribution in [0.4, 0.5) is 0 Å². The molecule has 1 aromatic carbocycles. The summed E-state index contributed by atoms with van der Waals surface area (Å²) in [7, 11) is 0. The van der Waals surface area contributed by atoms with Crippen LogP contribution in [0.1, 0.15) is 121 Å². The molecule has 3 unspecified atom stereocenters. The molecular weight excluding hydrogens is 498 g/mol. The van der Waals surface area contributed by atoms with Gasteiger partial charge in [-0.1, -0.05) is 72.6 Å². The zero-order chi connectivity index (χ0) is 29.7. The lowest BCUT2D eigenvalue weighted by molar-refractivity contribution is 0.0510. The van der Waals surface area contributed by atoms with Gasteiger partial charge in [0, 0.05) is 25.2 Å². The van der Waals surface area contributed by atoms with Gasteiger partial charge in [0.2, 0.25) is 0 Å². The molecule has 1 aliphatic heterocycles. The van der Waals surface area contributed by atoms with Gasteiger partial charge < -0.3 is 19.7 Å². The van der Waals surface area contributed by atoms with Gasteiger partial charge in [-0.2, -0.15) is 0 Å². The summed E-state index contributed by atoms with van der Waals surface area (Å²) in [6, 6.07) is 0. The fourth-order valence-electron chi connectivity index (χ4n) is 6.37. The average molecular weight is 562 g/mol. The van der Waals surface area contributed by atoms with Gasteiger partial charge in [0.05, 0.1) is 13.2 Å². The van der Waals surface area contributed by atoms with Gasteiger partial charge in [-0.15, -0.1) is 0 Å². The first-order valence-electron chi connectivity index (χ1n) is 16.4. The lowest BCUT2D eigenvalue weighted by Gasteiger charge is -2.38. The minimum Gasteiger partial charge on any atom is -0.492 e. The molecule has 1 aliphatic rings. The maximum Gasteiger partial charge on any atom is 0.127 e. The predicted molar refractivity (Wildman–Crippen MR) is 169 cm³/mol. The monoisotopic (exact) mass is 561 g/mol. The first-order chi connectivity index (χ1) is 19.0. The number of aliphatic hydroxyl groups is 2. The highest BCUT2D eigenvalue weighted by Crippen LogP contribution is 2.45. The largest absolute Gasteiger partial charge is 0.492 e. The van der Waals surface area contributed by atoms with Crippen LogP contribution in [0.15, 0.2) is 0 Å². The van der Waals surface area contributed by atoms with Crippen LogP contribution >= 0.6 is 0 Å². The standard InChI is InChI=1S/C35H63NO4/c1-26(2)12-9-13-27(3)14-10-15-28(4)16-11-18-35(8)19-17-32-31(7)33(29(5)30(6)34(32)40-35)39-25-22-36(20-23-37)21-24-38/h26-28,37-38H,9-25H2,1-8H3. The van der Waals surface area contributed by atoms with Gasteiger partial charge >= 0.3 is 0 Å². The number of ether oxygens (including phenoxy) is 2. The van der Waals surface area contributed by atoms with E-state index in [4.69, 9.17) is 9.47 Å². The van der Waals surface area contributed by atoms with Crippen molar-refractivity contribution in [2.45, 2.75) is 132 Å². The molecule has 0 fully saturated rings. The van der Waals surface area contributed by atoms with E-state index in [-0.39, 0.29) is 18.8 Å². The molecule has 1 heterocycles. The fraction of sp³-hybridized carbons (Fsp3) is 0.829. The third-order valence-corrected chi connectivity index (χ3v) is 9.32. The van der Waals surface area contributed by atoms with E-state index in [0.29, 0.717) is 26.2 Å². The molecule has 5 nitrogen and oxygen atoms in total. The summed E-state index contributed by atoms with van der Waals surface area (Å²) < 4.78 is 13.1. The van der Waals surface area contributed by atoms with Gasteiger partial charge in [0.1, 0.15) is 23.7 Å². The summed E-state index contributed by atoms with van der Waals surface area (Å²) in [5, 5.41) is 18.5. The zero-order valence-electron chi connectivity index (χ0n) is 27.4. The number of hydrogen-bond acceptors (Lipinski definition) is 5. The van der Waals surface area contributed by atoms with Crippen LogP contribution in [-0.2, 0) is 6.42 Å². The molecule has 0 bridgehead atoms. The second kappa shape index (κ2) is 17.6. The van der Waals surface area contributed by atoms with Crippen molar-refractivity contribution in [3.05, 3.63) is 22.3 Å². The summed E-state index contributed by atoms with van der Waals surface area (Å²) in [6.07, 6.45) is 14.0. The van der Waals surface area contributed by atoms with Crippen LogP contribution < -0.4 is 9.47 Å². The number of nitrogens with zero attached hydrogens (tertiary/aromatic N) is 1. The van der Waals surface area contributed by atoms with E-state index in [1.54, 1.807) is 0 Å². The molecule has 0 spiro atoms. The summed E-state index contributed by atoms with van der Waals surface area (Å²) in [5.74, 6) is 4.55. The van der Waals surface area contributed by atoms with Crippen molar-refractivity contribution in [2.75, 3.05) is 39.5 Å². The van der Waals surface area contributed by atoms with E-state index in [1.807, 2.05) is 4.90 Å². The quantitative estimate of drug-likeness (QED) is 0.170. The Hall–Kier alpha value is -1.30. The molecule has 0 aliphatic carbocycles. The molecule has 5 heteroatoms. The Morgan fingerprint density at radius 3 is 1.95 bits per heavy atom. The third kappa shape index (κ3) is 11.2. The molecule has 2 rings (SSSR count). The van der Waals surface area contributed by atoms with Gasteiger partial charge in [0.25, 0.3) is 0 Å². The highest BCUT2D eigenvalue weighted by molar-refractivity contribution is 5.59. The predicted octanol–water partition coefficient (Wildman–Crippen LogP) is 7.80. The van der Waals surface area contributed by atoms with Crippen molar-refractivity contribution in [1.29, 1.82) is 0 Å². The Labute approximate surface area is 247 Å². The lowest BCUT2D eigenvalue weighted by atomic mass is 9.83. The van der Waals surface area contributed by atoms with Crippen molar-refractivity contribution in [1.82, 2.24) is 4.90 Å². The number of hydrogen-bond donors (Lipinski definition) is 2. The van der Waals surface area contributed by atoms with Crippen molar-refractivity contribution >= 4 is 0 Å². The SMILES string of the molecule is Cc1c(C)c2c(c(C)c1OCCN(CCO)CCO)CCC(C)(CCCC(C)CCCC(C)CCCC(C)C)O2. The van der Waals surface area contributed by atoms with Gasteiger partial charge in [0.15, 0.2) is 0 Å². The molecule has 0 saturated carbocycles. The first-order valence-corrected chi connectivity index (χ1v) is 16.4. The highest BCUT2D eigenvalue weighted by atomic mass is 16.5. The van der Waals surface area contributed by atoms with Gasteiger partial charge in [-0.05, 0) is 87.8 Å². The molecule has 2 N–H and O–H groups in total. The molecular formula is C35H63NO4. The van der Waals surface area contributed by atoms with E-state index in [9.17, 15) is 10.2 Å². The molecule has 1 aromatic rings. The average Bonchev–Trinajstić information content (AvgIpc) is 2.89. The molecule has 0 radical (unpaired) electrons. The minimum atomic E-state index is -0.0985. The van der Waals surface area contributed by atoms with E-state index >= 15 is 0 Å². The Morgan fingerprint density at radius 1 is 0.800 bits per heavy atom. The van der Waals surface area contributed by atoms with Crippen molar-refractivity contribution in [3.63, 3.8) is 0 Å². The smallest absolute Gasteiger partial charge is 0.127 e. The Morgan fingerprint density at radius 2 is 1.38 bits per heavy atom. The number of benzene rings is 1. The van der Waals surface area contributed by atoms with E-state index in [2.05, 4.69) is 55.4 Å². The molecule has 0 aromatic heterocycles. The maximum atomic E-state index is 9.27. The molecule has 0 saturated heterocycles. The van der Waals surface area contributed by atoms with Crippen LogP contribution in [0.3, 0.4) is 0 Å². The Kier molecular flexibility index (Phi) is 15.4. The molecule has 232 valence electrons. The summed E-state index contributed by atoms with van der Waals surface area (Å²) in [6.45, 7) is 20.8. The number of rotatable bonds is 20. The lowest BCUT2D eigenvalue weighted by Crippen LogP contribution is -2.37. The second-order valence-corrected chi connectivity index (χ2v) is 13.6. The summed E-state index contributed by atoms with van der Waals surface area (Å²) >= 11 is 0. The van der Waals surface area contributed by atoms with Crippen LogP contribution in [0.2, 0.25) is 0 Å². The van der Waals surface area contributed by atoms with Crippen molar-refractivity contribution < 1.29 is 19.7 Å². The van der Waals surface area contributed by atoms with Crippen LogP contribution in [0.5, 0.6) is 11.5 Å². The highest BCUT2D eigenvalue weighted by Gasteiger charge is 2.34. The minimum absolute atomic E-state index is 0.0863. The second-order valence-electron chi connectivity index (χ2n) is 13.6. The Balaban J connectivity index is 1.85. The van der Waals surface area contributed by atoms with Crippen molar-refractivity contribution in [3.8, 4) is 11.5 Å². The van der Waals surface area contributed by atoms with Crippen LogP contribution in [0.25, 0.3) is 0 Å². The van der Waals surface area contributed by atoms with E-state index in [0.717, 1.165) is 54.1 Å². The van der Waals surface area contributed by atoms with E-state index in [1.165, 1.54) is 68.1 Å². The molecule has 0 amide bonds. The topological polar surface area (TPSA) is 62.2 Å². The van der Waals surface area contributed by atoms with Gasteiger partial charge in [-0.3, -0.25) is 4.90 Å². The van der Waals surface area contributed by atoms with E-state index < -0.39 is 0 Å². The van der Waals surface area contributed by atoms with Crippen LogP contribution in [0, 0.1) is 38.5 Å². The van der Waals surface area contributed by atoms with Crippen LogP contribution in [-0.4, -0.2) is 60.2 Å². The maximum absolute atomic E-state index is 9.27. The summed E-state index contributed by atoms with van der Waals surface area (Å²) in [4.78, 5) is 2.03. The number of aliphatic hydroxyl groups excluding tert-OH is 2. The molecule has 40 heavy (non-hydrogen) atoms. The zero-order valence-corrected chi connectivity index (χ0v) is 27.4. The van der Waals surface area contributed by atoms with Crippen molar-refractivity contribution in [2.24, 2.45) is 17.8 Å². The first kappa shape index (κ1) is 34.9. The number of fused-ring (bicyclic) bond motifs is 1. The van der Waals surface area contributed by atoms with Gasteiger partial charge in [-0.25, -0.2) is 0 Å². The third-order valence-electron chi connectivity index (χ3n) is 9.32. The normalized spacial score (nSPS) is 18.6. The fourth-order valence-corrected chi connectivity index (χ4v) is 6.37.